The van der Waals surface area contributed by atoms with Gasteiger partial charge in [0, 0.05) is 5.69 Å². The second-order valence-electron chi connectivity index (χ2n) is 8.48. The molecule has 142 valence electrons. The molecule has 1 amide bonds. The number of carbonyl (C=O) groups is 1. The fourth-order valence-corrected chi connectivity index (χ4v) is 5.49. The van der Waals surface area contributed by atoms with E-state index in [1.807, 2.05) is 24.3 Å². The van der Waals surface area contributed by atoms with E-state index < -0.39 is 0 Å². The lowest BCUT2D eigenvalue weighted by Gasteiger charge is -2.53. The number of hydrogen-bond donors (Lipinski definition) is 1. The Morgan fingerprint density at radius 1 is 1.04 bits per heavy atom. The van der Waals surface area contributed by atoms with Gasteiger partial charge in [-0.05, 0) is 86.5 Å². The van der Waals surface area contributed by atoms with Crippen molar-refractivity contribution < 1.29 is 14.3 Å². The molecule has 4 bridgehead atoms. The summed E-state index contributed by atoms with van der Waals surface area (Å²) in [4.78, 5) is 12.3. The molecule has 0 spiro atoms. The topological polar surface area (TPSA) is 47.6 Å². The zero-order chi connectivity index (χ0) is 17.9. The lowest BCUT2D eigenvalue weighted by molar-refractivity contribution is -0.142. The van der Waals surface area contributed by atoms with Gasteiger partial charge in [-0.2, -0.15) is 0 Å². The van der Waals surface area contributed by atoms with E-state index in [0.717, 1.165) is 42.7 Å². The van der Waals surface area contributed by atoms with Gasteiger partial charge in [0.15, 0.2) is 0 Å². The summed E-state index contributed by atoms with van der Waals surface area (Å²) in [6.45, 7) is 3.05. The monoisotopic (exact) mass is 357 g/mol. The van der Waals surface area contributed by atoms with Crippen molar-refractivity contribution in [2.45, 2.75) is 58.0 Å². The molecule has 1 aromatic carbocycles. The molecule has 0 heterocycles. The number of unbranched alkanes of at least 4 members (excludes halogenated alkanes) is 1. The molecule has 0 radical (unpaired) electrons. The molecule has 4 fully saturated rings. The minimum absolute atomic E-state index is 0.0570. The van der Waals surface area contributed by atoms with Gasteiger partial charge in [-0.15, -0.1) is 0 Å². The third kappa shape index (κ3) is 4.06. The number of anilines is 1. The number of amides is 1. The highest BCUT2D eigenvalue weighted by Crippen LogP contribution is 2.54. The molecule has 0 saturated heterocycles. The first-order chi connectivity index (χ1) is 12.7. The first kappa shape index (κ1) is 17.8. The van der Waals surface area contributed by atoms with E-state index in [4.69, 9.17) is 9.47 Å². The van der Waals surface area contributed by atoms with Crippen LogP contribution < -0.4 is 10.1 Å². The summed E-state index contributed by atoms with van der Waals surface area (Å²) in [6.07, 6.45) is 9.20. The van der Waals surface area contributed by atoms with Crippen molar-refractivity contribution in [1.29, 1.82) is 0 Å². The van der Waals surface area contributed by atoms with Crippen LogP contribution in [-0.4, -0.2) is 25.2 Å². The number of carbonyl (C=O) groups excluding carboxylic acids is 1. The highest BCUT2D eigenvalue weighted by Gasteiger charge is 2.48. The number of rotatable bonds is 8. The Kier molecular flexibility index (Phi) is 5.49. The van der Waals surface area contributed by atoms with Gasteiger partial charge in [0.2, 0.25) is 5.91 Å². The van der Waals surface area contributed by atoms with Crippen molar-refractivity contribution >= 4 is 11.6 Å². The van der Waals surface area contributed by atoms with E-state index in [-0.39, 0.29) is 12.5 Å². The summed E-state index contributed by atoms with van der Waals surface area (Å²) >= 11 is 0. The number of hydrogen-bond acceptors (Lipinski definition) is 3. The van der Waals surface area contributed by atoms with Crippen molar-refractivity contribution in [2.24, 2.45) is 23.7 Å². The highest BCUT2D eigenvalue weighted by atomic mass is 16.5. The van der Waals surface area contributed by atoms with E-state index in [9.17, 15) is 4.79 Å². The van der Waals surface area contributed by atoms with E-state index in [2.05, 4.69) is 12.2 Å². The summed E-state index contributed by atoms with van der Waals surface area (Å²) in [7, 11) is 0. The first-order valence-electron chi connectivity index (χ1n) is 10.4. The van der Waals surface area contributed by atoms with E-state index in [0.29, 0.717) is 17.9 Å². The quantitative estimate of drug-likeness (QED) is 0.689. The van der Waals surface area contributed by atoms with Gasteiger partial charge < -0.3 is 14.8 Å². The molecule has 1 N–H and O–H groups in total. The Balaban J connectivity index is 1.23. The normalized spacial score (nSPS) is 31.8. The minimum Gasteiger partial charge on any atom is -0.494 e. The van der Waals surface area contributed by atoms with Gasteiger partial charge in [-0.25, -0.2) is 0 Å². The van der Waals surface area contributed by atoms with Gasteiger partial charge in [0.05, 0.1) is 12.7 Å². The van der Waals surface area contributed by atoms with Crippen LogP contribution in [0.4, 0.5) is 5.69 Å². The maximum atomic E-state index is 12.3. The third-order valence-corrected chi connectivity index (χ3v) is 6.45. The van der Waals surface area contributed by atoms with Gasteiger partial charge in [-0.1, -0.05) is 13.3 Å². The summed E-state index contributed by atoms with van der Waals surface area (Å²) in [6, 6.07) is 7.60. The van der Waals surface area contributed by atoms with Gasteiger partial charge in [0.1, 0.15) is 12.4 Å². The summed E-state index contributed by atoms with van der Waals surface area (Å²) in [5.74, 6) is 4.05. The van der Waals surface area contributed by atoms with Gasteiger partial charge in [-0.3, -0.25) is 4.79 Å². The van der Waals surface area contributed by atoms with Crippen LogP contribution in [0.5, 0.6) is 5.75 Å². The molecule has 4 saturated carbocycles. The third-order valence-electron chi connectivity index (χ3n) is 6.45. The Morgan fingerprint density at radius 3 is 2.31 bits per heavy atom. The smallest absolute Gasteiger partial charge is 0.250 e. The molecule has 4 aliphatic rings. The van der Waals surface area contributed by atoms with Crippen molar-refractivity contribution in [2.75, 3.05) is 18.5 Å². The van der Waals surface area contributed by atoms with Crippen molar-refractivity contribution in [1.82, 2.24) is 0 Å². The molecule has 0 aromatic heterocycles. The van der Waals surface area contributed by atoms with E-state index >= 15 is 0 Å². The maximum absolute atomic E-state index is 12.3. The van der Waals surface area contributed by atoms with Crippen LogP contribution in [0.15, 0.2) is 24.3 Å². The van der Waals surface area contributed by atoms with Crippen LogP contribution in [0.3, 0.4) is 0 Å². The predicted octanol–water partition coefficient (Wildman–Crippen LogP) is 4.65. The average molecular weight is 357 g/mol. The second kappa shape index (κ2) is 7.99. The lowest BCUT2D eigenvalue weighted by Crippen LogP contribution is -2.50. The zero-order valence-electron chi connectivity index (χ0n) is 15.8. The maximum Gasteiger partial charge on any atom is 0.250 e. The van der Waals surface area contributed by atoms with Crippen LogP contribution in [-0.2, 0) is 9.53 Å². The molecule has 5 rings (SSSR count). The molecule has 4 heteroatoms. The number of benzene rings is 1. The highest BCUT2D eigenvalue weighted by molar-refractivity contribution is 5.91. The lowest BCUT2D eigenvalue weighted by atomic mass is 9.55. The molecule has 1 aromatic rings. The van der Waals surface area contributed by atoms with Crippen LogP contribution in [0.2, 0.25) is 0 Å². The molecule has 0 atom stereocenters. The zero-order valence-corrected chi connectivity index (χ0v) is 15.8. The summed E-state index contributed by atoms with van der Waals surface area (Å²) in [5, 5.41) is 2.94. The second-order valence-corrected chi connectivity index (χ2v) is 8.48. The Hall–Kier alpha value is -1.55. The molecular formula is C22H31NO3. The summed E-state index contributed by atoms with van der Waals surface area (Å²) in [5.41, 5.74) is 0.798. The molecule has 4 aliphatic carbocycles. The minimum atomic E-state index is -0.0570. The van der Waals surface area contributed by atoms with E-state index in [1.165, 1.54) is 32.1 Å². The van der Waals surface area contributed by atoms with Crippen molar-refractivity contribution in [3.05, 3.63) is 24.3 Å². The standard InChI is InChI=1S/C22H31NO3/c1-2-3-8-25-20-6-4-19(5-7-20)23-21(24)14-26-22-17-10-15-9-16(12-17)13-18(22)11-15/h4-7,15-18,22H,2-3,8-14H2,1H3,(H,23,24). The average Bonchev–Trinajstić information content (AvgIpc) is 2.62. The molecule has 0 aliphatic heterocycles. The Bertz CT molecular complexity index is 584. The largest absolute Gasteiger partial charge is 0.494 e. The Labute approximate surface area is 156 Å². The number of ether oxygens (including phenoxy) is 2. The Morgan fingerprint density at radius 2 is 1.69 bits per heavy atom. The van der Waals surface area contributed by atoms with Crippen LogP contribution in [0.1, 0.15) is 51.9 Å². The molecule has 0 unspecified atom stereocenters. The van der Waals surface area contributed by atoms with Crippen molar-refractivity contribution in [3.8, 4) is 5.75 Å². The van der Waals surface area contributed by atoms with Crippen molar-refractivity contribution in [3.63, 3.8) is 0 Å². The van der Waals surface area contributed by atoms with Gasteiger partial charge in [0.25, 0.3) is 0 Å². The molecule has 26 heavy (non-hydrogen) atoms. The van der Waals surface area contributed by atoms with Gasteiger partial charge >= 0.3 is 0 Å². The van der Waals surface area contributed by atoms with E-state index in [1.54, 1.807) is 0 Å². The predicted molar refractivity (Wildman–Crippen MR) is 102 cm³/mol. The summed E-state index contributed by atoms with van der Waals surface area (Å²) < 4.78 is 11.8. The van der Waals surface area contributed by atoms with Crippen LogP contribution in [0, 0.1) is 23.7 Å². The molecular weight excluding hydrogens is 326 g/mol. The number of nitrogens with one attached hydrogen (secondary N) is 1. The SMILES string of the molecule is CCCCOc1ccc(NC(=O)COC2C3CC4CC(C3)CC2C4)cc1. The first-order valence-corrected chi connectivity index (χ1v) is 10.4. The fourth-order valence-electron chi connectivity index (χ4n) is 5.49. The van der Waals surface area contributed by atoms with Crippen LogP contribution in [0.25, 0.3) is 0 Å². The molecule has 4 nitrogen and oxygen atoms in total. The fraction of sp³-hybridized carbons (Fsp3) is 0.682. The van der Waals surface area contributed by atoms with Crippen LogP contribution >= 0.6 is 0 Å².